The molecule has 0 fully saturated rings. The highest BCUT2D eigenvalue weighted by molar-refractivity contribution is 9.10. The summed E-state index contributed by atoms with van der Waals surface area (Å²) < 4.78 is 3.22. The highest BCUT2D eigenvalue weighted by Crippen LogP contribution is 2.23. The van der Waals surface area contributed by atoms with Gasteiger partial charge in [0, 0.05) is 23.3 Å². The second-order valence-corrected chi connectivity index (χ2v) is 4.38. The van der Waals surface area contributed by atoms with Crippen molar-refractivity contribution in [1.29, 1.82) is 0 Å². The average molecular weight is 265 g/mol. The van der Waals surface area contributed by atoms with Gasteiger partial charge in [-0.3, -0.25) is 0 Å². The van der Waals surface area contributed by atoms with Gasteiger partial charge >= 0.3 is 0 Å². The Kier molecular flexibility index (Phi) is 2.91. The monoisotopic (exact) mass is 264 g/mol. The molecule has 0 aliphatic rings. The van der Waals surface area contributed by atoms with E-state index in [0.29, 0.717) is 0 Å². The molecule has 0 radical (unpaired) electrons. The van der Waals surface area contributed by atoms with E-state index in [1.807, 2.05) is 12.4 Å². The Morgan fingerprint density at radius 3 is 2.87 bits per heavy atom. The molecule has 0 saturated carbocycles. The summed E-state index contributed by atoms with van der Waals surface area (Å²) >= 11 is 3.58. The van der Waals surface area contributed by atoms with Gasteiger partial charge in [0.1, 0.15) is 5.82 Å². The van der Waals surface area contributed by atoms with Gasteiger partial charge in [0.25, 0.3) is 0 Å². The number of benzene rings is 1. The molecular weight excluding hydrogens is 252 g/mol. The molecule has 0 aliphatic carbocycles. The van der Waals surface area contributed by atoms with Crippen LogP contribution in [0.1, 0.15) is 18.3 Å². The fourth-order valence-corrected chi connectivity index (χ4v) is 2.31. The molecule has 2 aromatic rings. The fraction of sp³-hybridized carbons (Fsp3) is 0.250. The summed E-state index contributed by atoms with van der Waals surface area (Å²) in [5.41, 5.74) is 2.40. The van der Waals surface area contributed by atoms with Gasteiger partial charge in [-0.25, -0.2) is 4.98 Å². The number of nitrogens with zero attached hydrogens (tertiary/aromatic N) is 2. The Balaban J connectivity index is 2.54. The van der Waals surface area contributed by atoms with Crippen molar-refractivity contribution in [1.82, 2.24) is 9.55 Å². The molecule has 0 aliphatic heterocycles. The summed E-state index contributed by atoms with van der Waals surface area (Å²) in [6.07, 6.45) is 4.77. The van der Waals surface area contributed by atoms with Crippen LogP contribution in [0.15, 0.2) is 35.1 Å². The second kappa shape index (κ2) is 4.19. The Hall–Kier alpha value is -1.09. The van der Waals surface area contributed by atoms with Crippen molar-refractivity contribution >= 4 is 15.9 Å². The average Bonchev–Trinajstić information content (AvgIpc) is 2.65. The molecule has 0 saturated heterocycles. The van der Waals surface area contributed by atoms with E-state index in [4.69, 9.17) is 0 Å². The number of aryl methyl sites for hydroxylation is 2. The number of aromatic nitrogens is 2. The van der Waals surface area contributed by atoms with E-state index in [1.54, 1.807) is 0 Å². The topological polar surface area (TPSA) is 17.8 Å². The predicted octanol–water partition coefficient (Wildman–Crippen LogP) is 3.51. The van der Waals surface area contributed by atoms with E-state index in [9.17, 15) is 0 Å². The van der Waals surface area contributed by atoms with Crippen molar-refractivity contribution in [3.63, 3.8) is 0 Å². The van der Waals surface area contributed by atoms with Crippen LogP contribution in [0.4, 0.5) is 0 Å². The molecule has 0 spiro atoms. The van der Waals surface area contributed by atoms with E-state index in [1.165, 1.54) is 5.56 Å². The molecule has 0 unspecified atom stereocenters. The Morgan fingerprint density at radius 1 is 1.40 bits per heavy atom. The minimum Gasteiger partial charge on any atom is -0.303 e. The summed E-state index contributed by atoms with van der Waals surface area (Å²) in [6.45, 7) is 4.20. The molecule has 0 atom stereocenters. The van der Waals surface area contributed by atoms with Gasteiger partial charge in [0.15, 0.2) is 0 Å². The van der Waals surface area contributed by atoms with Crippen molar-refractivity contribution < 1.29 is 0 Å². The molecule has 15 heavy (non-hydrogen) atoms. The minimum absolute atomic E-state index is 0.938. The first kappa shape index (κ1) is 10.4. The molecule has 0 amide bonds. The van der Waals surface area contributed by atoms with Gasteiger partial charge in [-0.2, -0.15) is 0 Å². The Bertz CT molecular complexity index is 474. The number of hydrogen-bond acceptors (Lipinski definition) is 1. The first-order valence-corrected chi connectivity index (χ1v) is 5.80. The van der Waals surface area contributed by atoms with Gasteiger partial charge in [0.2, 0.25) is 0 Å². The number of imidazole rings is 1. The molecule has 2 nitrogen and oxygen atoms in total. The Labute approximate surface area is 98.1 Å². The van der Waals surface area contributed by atoms with Crippen molar-refractivity contribution in [2.75, 3.05) is 0 Å². The lowest BCUT2D eigenvalue weighted by Crippen LogP contribution is -1.99. The van der Waals surface area contributed by atoms with E-state index in [0.717, 1.165) is 22.4 Å². The molecule has 2 rings (SSSR count). The first-order chi connectivity index (χ1) is 7.22. The van der Waals surface area contributed by atoms with Crippen molar-refractivity contribution in [3.8, 4) is 5.69 Å². The van der Waals surface area contributed by atoms with E-state index in [-0.39, 0.29) is 0 Å². The minimum atomic E-state index is 0.938. The molecule has 3 heteroatoms. The van der Waals surface area contributed by atoms with Crippen LogP contribution < -0.4 is 0 Å². The van der Waals surface area contributed by atoms with Crippen LogP contribution in [0, 0.1) is 6.92 Å². The van der Waals surface area contributed by atoms with Crippen LogP contribution in [0.3, 0.4) is 0 Å². The lowest BCUT2D eigenvalue weighted by molar-refractivity contribution is 0.888. The zero-order valence-corrected chi connectivity index (χ0v) is 10.5. The van der Waals surface area contributed by atoms with E-state index in [2.05, 4.69) is 57.5 Å². The third kappa shape index (κ3) is 1.97. The molecule has 78 valence electrons. The molecule has 1 aromatic carbocycles. The lowest BCUT2D eigenvalue weighted by atomic mass is 10.2. The standard InChI is InChI=1S/C12H13BrN2/c1-3-12-14-6-7-15(12)11-5-4-9(2)8-10(11)13/h4-8H,3H2,1-2H3. The lowest BCUT2D eigenvalue weighted by Gasteiger charge is -2.09. The zero-order valence-electron chi connectivity index (χ0n) is 8.87. The SMILES string of the molecule is CCc1nccn1-c1ccc(C)cc1Br. The van der Waals surface area contributed by atoms with Crippen LogP contribution in [0.25, 0.3) is 5.69 Å². The second-order valence-electron chi connectivity index (χ2n) is 3.52. The molecule has 0 bridgehead atoms. The van der Waals surface area contributed by atoms with Gasteiger partial charge < -0.3 is 4.57 Å². The van der Waals surface area contributed by atoms with Crippen LogP contribution in [0.5, 0.6) is 0 Å². The number of rotatable bonds is 2. The molecule has 1 aromatic heterocycles. The maximum atomic E-state index is 4.32. The van der Waals surface area contributed by atoms with Crippen molar-refractivity contribution in [2.45, 2.75) is 20.3 Å². The normalized spacial score (nSPS) is 10.6. The van der Waals surface area contributed by atoms with Gasteiger partial charge in [-0.05, 0) is 40.5 Å². The number of halogens is 1. The van der Waals surface area contributed by atoms with E-state index >= 15 is 0 Å². The first-order valence-electron chi connectivity index (χ1n) is 5.01. The summed E-state index contributed by atoms with van der Waals surface area (Å²) in [5, 5.41) is 0. The van der Waals surface area contributed by atoms with Crippen LogP contribution in [-0.4, -0.2) is 9.55 Å². The highest BCUT2D eigenvalue weighted by atomic mass is 79.9. The maximum absolute atomic E-state index is 4.32. The summed E-state index contributed by atoms with van der Waals surface area (Å²) in [7, 11) is 0. The third-order valence-electron chi connectivity index (χ3n) is 2.40. The van der Waals surface area contributed by atoms with Gasteiger partial charge in [-0.1, -0.05) is 13.0 Å². The van der Waals surface area contributed by atoms with Gasteiger partial charge in [0.05, 0.1) is 5.69 Å². The van der Waals surface area contributed by atoms with Gasteiger partial charge in [-0.15, -0.1) is 0 Å². The highest BCUT2D eigenvalue weighted by Gasteiger charge is 2.06. The molecule has 0 N–H and O–H groups in total. The smallest absolute Gasteiger partial charge is 0.112 e. The third-order valence-corrected chi connectivity index (χ3v) is 3.03. The Morgan fingerprint density at radius 2 is 2.20 bits per heavy atom. The summed E-state index contributed by atoms with van der Waals surface area (Å²) in [4.78, 5) is 4.32. The largest absolute Gasteiger partial charge is 0.303 e. The van der Waals surface area contributed by atoms with Crippen LogP contribution in [-0.2, 0) is 6.42 Å². The molecule has 1 heterocycles. The predicted molar refractivity (Wildman–Crippen MR) is 65.4 cm³/mol. The van der Waals surface area contributed by atoms with Crippen molar-refractivity contribution in [2.24, 2.45) is 0 Å². The number of hydrogen-bond donors (Lipinski definition) is 0. The quantitative estimate of drug-likeness (QED) is 0.812. The fourth-order valence-electron chi connectivity index (χ4n) is 1.62. The van der Waals surface area contributed by atoms with Crippen LogP contribution >= 0.6 is 15.9 Å². The molecular formula is C12H13BrN2. The van der Waals surface area contributed by atoms with E-state index < -0.39 is 0 Å². The zero-order chi connectivity index (χ0) is 10.8. The van der Waals surface area contributed by atoms with Crippen LogP contribution in [0.2, 0.25) is 0 Å². The summed E-state index contributed by atoms with van der Waals surface area (Å²) in [6, 6.07) is 6.34. The summed E-state index contributed by atoms with van der Waals surface area (Å²) in [5.74, 6) is 1.08. The van der Waals surface area contributed by atoms with Crippen molar-refractivity contribution in [3.05, 3.63) is 46.5 Å². The maximum Gasteiger partial charge on any atom is 0.112 e.